The summed E-state index contributed by atoms with van der Waals surface area (Å²) in [4.78, 5) is 24.6. The summed E-state index contributed by atoms with van der Waals surface area (Å²) in [6, 6.07) is 16.5. The molecule has 1 aliphatic heterocycles. The van der Waals surface area contributed by atoms with E-state index in [0.29, 0.717) is 18.3 Å². The number of likely N-dealkylation sites (N-methyl/N-ethyl adjacent to an activating group) is 1. The van der Waals surface area contributed by atoms with Crippen molar-refractivity contribution in [2.45, 2.75) is 26.1 Å². The van der Waals surface area contributed by atoms with Crippen molar-refractivity contribution in [3.63, 3.8) is 0 Å². The minimum absolute atomic E-state index is 0.0327. The van der Waals surface area contributed by atoms with Gasteiger partial charge in [-0.15, -0.1) is 0 Å². The second kappa shape index (κ2) is 8.35. The van der Waals surface area contributed by atoms with Crippen LogP contribution in [0, 0.1) is 0 Å². The van der Waals surface area contributed by atoms with Gasteiger partial charge in [0.25, 0.3) is 5.91 Å². The van der Waals surface area contributed by atoms with E-state index in [9.17, 15) is 4.79 Å². The monoisotopic (exact) mass is 391 g/mol. The number of benzene rings is 1. The van der Waals surface area contributed by atoms with Gasteiger partial charge in [0.05, 0.1) is 5.69 Å². The summed E-state index contributed by atoms with van der Waals surface area (Å²) < 4.78 is 2.06. The van der Waals surface area contributed by atoms with Crippen molar-refractivity contribution in [1.82, 2.24) is 24.1 Å². The molecule has 1 aliphatic rings. The topological polar surface area (TPSA) is 44.1 Å². The summed E-state index contributed by atoms with van der Waals surface area (Å²) in [7, 11) is 4.02. The number of aromatic nitrogens is 2. The minimum Gasteiger partial charge on any atom is -0.336 e. The molecule has 1 aromatic carbocycles. The number of rotatable bonds is 5. The summed E-state index contributed by atoms with van der Waals surface area (Å²) in [5.74, 6) is -0.0327. The molecule has 0 unspecified atom stereocenters. The number of carbonyl (C=O) groups is 1. The van der Waals surface area contributed by atoms with E-state index >= 15 is 0 Å². The molecule has 4 rings (SSSR count). The predicted molar refractivity (Wildman–Crippen MR) is 115 cm³/mol. The summed E-state index contributed by atoms with van der Waals surface area (Å²) in [6.07, 6.45) is 2.01. The Labute approximate surface area is 172 Å². The molecule has 1 atom stereocenters. The van der Waals surface area contributed by atoms with E-state index in [-0.39, 0.29) is 5.91 Å². The van der Waals surface area contributed by atoms with Crippen LogP contribution in [-0.4, -0.2) is 69.8 Å². The number of amides is 1. The number of fused-ring (bicyclic) bond motifs is 1. The molecule has 1 fully saturated rings. The molecular weight excluding hydrogens is 362 g/mol. The van der Waals surface area contributed by atoms with Crippen LogP contribution in [-0.2, 0) is 13.1 Å². The fraction of sp³-hybridized carbons (Fsp3) is 0.391. The maximum absolute atomic E-state index is 13.3. The summed E-state index contributed by atoms with van der Waals surface area (Å²) in [6.45, 7) is 6.57. The van der Waals surface area contributed by atoms with Crippen molar-refractivity contribution in [3.05, 3.63) is 71.7 Å². The third-order valence-corrected chi connectivity index (χ3v) is 5.86. The lowest BCUT2D eigenvalue weighted by molar-refractivity contribution is 0.0771. The molecule has 6 nitrogen and oxygen atoms in total. The first kappa shape index (κ1) is 19.6. The van der Waals surface area contributed by atoms with Crippen LogP contribution in [0.2, 0.25) is 0 Å². The van der Waals surface area contributed by atoms with E-state index < -0.39 is 0 Å². The molecule has 152 valence electrons. The Morgan fingerprint density at radius 3 is 2.66 bits per heavy atom. The molecule has 0 N–H and O–H groups in total. The molecule has 0 aliphatic carbocycles. The second-order valence-corrected chi connectivity index (χ2v) is 8.05. The molecule has 29 heavy (non-hydrogen) atoms. The number of pyridine rings is 1. The van der Waals surface area contributed by atoms with E-state index in [1.54, 1.807) is 4.90 Å². The van der Waals surface area contributed by atoms with Gasteiger partial charge in [0.1, 0.15) is 5.65 Å². The second-order valence-electron chi connectivity index (χ2n) is 8.05. The van der Waals surface area contributed by atoms with Crippen molar-refractivity contribution >= 4 is 11.6 Å². The van der Waals surface area contributed by atoms with Crippen molar-refractivity contribution < 1.29 is 4.79 Å². The maximum atomic E-state index is 13.3. The predicted octanol–water partition coefficient (Wildman–Crippen LogP) is 2.74. The molecule has 0 radical (unpaired) electrons. The highest BCUT2D eigenvalue weighted by atomic mass is 16.2. The number of nitrogens with zero attached hydrogens (tertiary/aromatic N) is 5. The van der Waals surface area contributed by atoms with Crippen molar-refractivity contribution in [1.29, 1.82) is 0 Å². The van der Waals surface area contributed by atoms with Gasteiger partial charge in [-0.05, 0) is 31.7 Å². The Morgan fingerprint density at radius 1 is 1.14 bits per heavy atom. The molecule has 3 heterocycles. The molecule has 0 bridgehead atoms. The van der Waals surface area contributed by atoms with E-state index in [0.717, 1.165) is 43.1 Å². The lowest BCUT2D eigenvalue weighted by Gasteiger charge is -2.37. The van der Waals surface area contributed by atoms with Gasteiger partial charge < -0.3 is 14.2 Å². The van der Waals surface area contributed by atoms with Gasteiger partial charge >= 0.3 is 0 Å². The van der Waals surface area contributed by atoms with Crippen LogP contribution in [0.5, 0.6) is 0 Å². The molecule has 3 aromatic rings. The van der Waals surface area contributed by atoms with Crippen LogP contribution in [0.15, 0.2) is 54.7 Å². The van der Waals surface area contributed by atoms with Crippen LogP contribution in [0.25, 0.3) is 5.65 Å². The Hall–Kier alpha value is -2.70. The average molecular weight is 392 g/mol. The highest BCUT2D eigenvalue weighted by Crippen LogP contribution is 2.19. The van der Waals surface area contributed by atoms with Gasteiger partial charge in [-0.1, -0.05) is 36.4 Å². The number of hydrogen-bond acceptors (Lipinski definition) is 4. The van der Waals surface area contributed by atoms with Crippen LogP contribution in [0.4, 0.5) is 0 Å². The zero-order chi connectivity index (χ0) is 20.4. The fourth-order valence-electron chi connectivity index (χ4n) is 3.96. The fourth-order valence-corrected chi connectivity index (χ4v) is 3.96. The minimum atomic E-state index is -0.0327. The van der Waals surface area contributed by atoms with Gasteiger partial charge in [-0.3, -0.25) is 9.69 Å². The van der Waals surface area contributed by atoms with E-state index in [1.165, 1.54) is 0 Å². The van der Waals surface area contributed by atoms with E-state index in [4.69, 9.17) is 4.98 Å². The third kappa shape index (κ3) is 4.18. The number of carbonyl (C=O) groups excluding carboxylic acids is 1. The van der Waals surface area contributed by atoms with Crippen LogP contribution >= 0.6 is 0 Å². The van der Waals surface area contributed by atoms with Gasteiger partial charge in [0, 0.05) is 52.0 Å². The third-order valence-electron chi connectivity index (χ3n) is 5.86. The first-order chi connectivity index (χ1) is 14.0. The molecule has 6 heteroatoms. The average Bonchev–Trinajstić information content (AvgIpc) is 3.09. The Morgan fingerprint density at radius 2 is 1.90 bits per heavy atom. The maximum Gasteiger partial charge on any atom is 0.274 e. The lowest BCUT2D eigenvalue weighted by atomic mass is 10.1. The van der Waals surface area contributed by atoms with Gasteiger partial charge in [0.15, 0.2) is 5.69 Å². The quantitative estimate of drug-likeness (QED) is 0.671. The molecular formula is C23H29N5O. The van der Waals surface area contributed by atoms with Crippen LogP contribution in [0.3, 0.4) is 0 Å². The van der Waals surface area contributed by atoms with Crippen LogP contribution in [0.1, 0.15) is 28.7 Å². The standard InChI is InChI=1S/C23H29N5O/c1-18-15-27(14-13-25(18)2)17-20-22(24-21-11-7-8-12-28(20)21)23(29)26(3)16-19-9-5-4-6-10-19/h4-12,18H,13-17H2,1-3H3/t18-/m0/s1. The lowest BCUT2D eigenvalue weighted by Crippen LogP contribution is -2.49. The molecule has 2 aromatic heterocycles. The van der Waals surface area contributed by atoms with Gasteiger partial charge in [-0.25, -0.2) is 4.98 Å². The van der Waals surface area contributed by atoms with E-state index in [1.807, 2.05) is 61.8 Å². The first-order valence-corrected chi connectivity index (χ1v) is 10.2. The zero-order valence-electron chi connectivity index (χ0n) is 17.5. The SMILES string of the molecule is C[C@H]1CN(Cc2c(C(=O)N(C)Cc3ccccc3)nc3ccccn23)CCN1C. The first-order valence-electron chi connectivity index (χ1n) is 10.2. The number of hydrogen-bond donors (Lipinski definition) is 0. The van der Waals surface area contributed by atoms with Gasteiger partial charge in [0.2, 0.25) is 0 Å². The number of imidazole rings is 1. The van der Waals surface area contributed by atoms with Crippen molar-refractivity contribution in [3.8, 4) is 0 Å². The van der Waals surface area contributed by atoms with Gasteiger partial charge in [-0.2, -0.15) is 0 Å². The van der Waals surface area contributed by atoms with Crippen LogP contribution < -0.4 is 0 Å². The summed E-state index contributed by atoms with van der Waals surface area (Å²) in [5.41, 5.74) is 3.46. The number of piperazine rings is 1. The summed E-state index contributed by atoms with van der Waals surface area (Å²) in [5, 5.41) is 0. The van der Waals surface area contributed by atoms with Crippen molar-refractivity contribution in [2.75, 3.05) is 33.7 Å². The normalized spacial score (nSPS) is 18.2. The molecule has 1 amide bonds. The molecule has 0 spiro atoms. The Kier molecular flexibility index (Phi) is 5.65. The zero-order valence-corrected chi connectivity index (χ0v) is 17.5. The highest BCUT2D eigenvalue weighted by Gasteiger charge is 2.26. The Bertz CT molecular complexity index is 983. The molecule has 0 saturated carbocycles. The summed E-state index contributed by atoms with van der Waals surface area (Å²) >= 11 is 0. The highest BCUT2D eigenvalue weighted by molar-refractivity contribution is 5.94. The molecule has 1 saturated heterocycles. The van der Waals surface area contributed by atoms with Crippen molar-refractivity contribution in [2.24, 2.45) is 0 Å². The smallest absolute Gasteiger partial charge is 0.274 e. The largest absolute Gasteiger partial charge is 0.336 e. The Balaban J connectivity index is 1.61. The van der Waals surface area contributed by atoms with E-state index in [2.05, 4.69) is 28.2 Å².